The van der Waals surface area contributed by atoms with Crippen LogP contribution in [0.2, 0.25) is 5.02 Å². The second kappa shape index (κ2) is 24.8. The molecule has 3 aliphatic rings. The number of aldehydes is 1. The van der Waals surface area contributed by atoms with Gasteiger partial charge in [0.2, 0.25) is 5.91 Å². The van der Waals surface area contributed by atoms with Crippen molar-refractivity contribution in [2.45, 2.75) is 173 Å². The van der Waals surface area contributed by atoms with Crippen LogP contribution in [-0.4, -0.2) is 83.1 Å². The molecule has 0 radical (unpaired) electrons. The normalized spacial score (nSPS) is 27.2. The van der Waals surface area contributed by atoms with Gasteiger partial charge >= 0.3 is 5.97 Å². The molecule has 366 valence electrons. The number of hydrogen-bond donors (Lipinski definition) is 1. The molecule has 6 unspecified atom stereocenters. The predicted octanol–water partition coefficient (Wildman–Crippen LogP) is 12.8. The molecule has 1 N–H and O–H groups in total. The van der Waals surface area contributed by atoms with Crippen LogP contribution in [0.3, 0.4) is 0 Å². The Kier molecular flexibility index (Phi) is 20.7. The zero-order valence-corrected chi connectivity index (χ0v) is 44.5. The minimum Gasteiger partial charge on any atom is -0.383 e. The van der Waals surface area contributed by atoms with E-state index in [4.69, 9.17) is 21.2 Å². The second-order valence-corrected chi connectivity index (χ2v) is 23.5. The van der Waals surface area contributed by atoms with Crippen LogP contribution in [0.25, 0.3) is 0 Å². The number of halogens is 1. The Labute approximate surface area is 411 Å². The monoisotopic (exact) mass is 965 g/mol. The van der Waals surface area contributed by atoms with Gasteiger partial charge in [0.05, 0.1) is 22.4 Å². The minimum atomic E-state index is -0.508. The maximum atomic E-state index is 14.6. The first kappa shape index (κ1) is 55.2. The maximum Gasteiger partial charge on any atom is 0.332 e. The number of ether oxygens (including phenoxy) is 1. The van der Waals surface area contributed by atoms with Gasteiger partial charge in [-0.1, -0.05) is 123 Å². The molecule has 4 bridgehead atoms. The topological polar surface area (TPSA) is 94.7 Å². The lowest BCUT2D eigenvalue weighted by atomic mass is 9.70. The number of amides is 1. The summed E-state index contributed by atoms with van der Waals surface area (Å²) in [4.78, 5) is 47.1. The SMILES string of the molecule is C=C1CC2C[C@](C)(C/C=C/C=C(\C)Cc3cc(CC)c(Cl)c(c3)N(C)C(=O)C[C@H](CC(=C)C(C)N(C)C(=C)CCC(C)SSC(C)CCC(=O)ON(C)C(=C)CCC=O)C3(C)OC3[C@@H]2C)N1. The second-order valence-electron chi connectivity index (χ2n) is 20.0. The van der Waals surface area contributed by atoms with Gasteiger partial charge in [-0.25, -0.2) is 9.86 Å². The Bertz CT molecular complexity index is 2000. The zero-order valence-electron chi connectivity index (χ0n) is 42.1. The summed E-state index contributed by atoms with van der Waals surface area (Å²) in [5.74, 6) is 0.246. The van der Waals surface area contributed by atoms with Gasteiger partial charge < -0.3 is 29.5 Å². The number of hydrogen-bond acceptors (Lipinski definition) is 10. The van der Waals surface area contributed by atoms with E-state index in [1.54, 1.807) is 22.7 Å². The predicted molar refractivity (Wildman–Crippen MR) is 280 cm³/mol. The molecule has 9 nitrogen and oxygen atoms in total. The molecular formula is C54H81ClN4O5S2. The quantitative estimate of drug-likeness (QED) is 0.0448. The van der Waals surface area contributed by atoms with E-state index in [1.807, 2.05) is 17.8 Å². The van der Waals surface area contributed by atoms with Crippen LogP contribution in [0.15, 0.2) is 84.9 Å². The highest BCUT2D eigenvalue weighted by Crippen LogP contribution is 2.54. The molecule has 1 aromatic carbocycles. The summed E-state index contributed by atoms with van der Waals surface area (Å²) in [6.07, 6.45) is 16.4. The molecule has 2 fully saturated rings. The molecule has 66 heavy (non-hydrogen) atoms. The number of anilines is 1. The van der Waals surface area contributed by atoms with Crippen LogP contribution in [-0.2, 0) is 36.8 Å². The minimum absolute atomic E-state index is 0.00105. The van der Waals surface area contributed by atoms with Crippen molar-refractivity contribution in [2.24, 2.45) is 17.8 Å². The van der Waals surface area contributed by atoms with Gasteiger partial charge in [0.1, 0.15) is 6.29 Å². The fourth-order valence-corrected chi connectivity index (χ4v) is 12.4. The van der Waals surface area contributed by atoms with Gasteiger partial charge in [0, 0.05) is 85.5 Å². The van der Waals surface area contributed by atoms with Gasteiger partial charge in [-0.3, -0.25) is 4.79 Å². The molecule has 3 aliphatic heterocycles. The van der Waals surface area contributed by atoms with Crippen molar-refractivity contribution in [1.29, 1.82) is 0 Å². The first-order chi connectivity index (χ1) is 31.0. The van der Waals surface area contributed by atoms with Crippen molar-refractivity contribution in [2.75, 3.05) is 26.0 Å². The number of carbonyl (C=O) groups excluding carboxylic acids is 3. The van der Waals surface area contributed by atoms with E-state index in [0.717, 1.165) is 85.0 Å². The third-order valence-electron chi connectivity index (χ3n) is 14.3. The molecule has 4 rings (SSSR count). The Morgan fingerprint density at radius 1 is 1.08 bits per heavy atom. The summed E-state index contributed by atoms with van der Waals surface area (Å²) in [6, 6.07) is 4.26. The molecule has 0 saturated carbocycles. The highest BCUT2D eigenvalue weighted by molar-refractivity contribution is 8.77. The largest absolute Gasteiger partial charge is 0.383 e. The molecule has 3 heterocycles. The number of nitrogens with one attached hydrogen (secondary N) is 1. The third-order valence-corrected chi connectivity index (χ3v) is 18.3. The van der Waals surface area contributed by atoms with Gasteiger partial charge in [0.25, 0.3) is 0 Å². The first-order valence-corrected chi connectivity index (χ1v) is 26.7. The summed E-state index contributed by atoms with van der Waals surface area (Å²) >= 11 is 7.07. The number of rotatable bonds is 20. The lowest BCUT2D eigenvalue weighted by molar-refractivity contribution is -0.176. The molecule has 12 heteroatoms. The van der Waals surface area contributed by atoms with Gasteiger partial charge in [0.15, 0.2) is 0 Å². The summed E-state index contributed by atoms with van der Waals surface area (Å²) in [7, 11) is 9.23. The molecular weight excluding hydrogens is 884 g/mol. The Morgan fingerprint density at radius 2 is 1.74 bits per heavy atom. The Morgan fingerprint density at radius 3 is 2.39 bits per heavy atom. The summed E-state index contributed by atoms with van der Waals surface area (Å²) in [5, 5.41) is 6.38. The molecule has 0 aromatic heterocycles. The van der Waals surface area contributed by atoms with E-state index in [2.05, 4.69) is 129 Å². The van der Waals surface area contributed by atoms with E-state index in [1.165, 1.54) is 10.6 Å². The van der Waals surface area contributed by atoms with Crippen molar-refractivity contribution in [3.8, 4) is 0 Å². The fourth-order valence-electron chi connectivity index (χ4n) is 9.52. The van der Waals surface area contributed by atoms with Crippen LogP contribution in [0.1, 0.15) is 137 Å². The first-order valence-electron chi connectivity index (χ1n) is 24.0. The smallest absolute Gasteiger partial charge is 0.332 e. The molecule has 0 spiro atoms. The number of piperidine rings is 1. The Hall–Kier alpha value is -3.38. The Balaban J connectivity index is 1.44. The summed E-state index contributed by atoms with van der Waals surface area (Å²) in [5.41, 5.74) is 7.30. The number of fused-ring (bicyclic) bond motifs is 5. The van der Waals surface area contributed by atoms with Crippen LogP contribution in [0, 0.1) is 17.8 Å². The molecule has 0 aliphatic carbocycles. The van der Waals surface area contributed by atoms with E-state index in [-0.39, 0.29) is 46.6 Å². The van der Waals surface area contributed by atoms with E-state index in [0.29, 0.717) is 60.4 Å². The summed E-state index contributed by atoms with van der Waals surface area (Å²) < 4.78 is 6.84. The van der Waals surface area contributed by atoms with E-state index < -0.39 is 5.60 Å². The average molecular weight is 966 g/mol. The lowest BCUT2D eigenvalue weighted by Gasteiger charge is -2.43. The number of nitrogens with zero attached hydrogens (tertiary/aromatic N) is 3. The van der Waals surface area contributed by atoms with Crippen LogP contribution < -0.4 is 10.2 Å². The van der Waals surface area contributed by atoms with Gasteiger partial charge in [-0.05, 0) is 121 Å². The number of likely N-dealkylation sites (N-methyl/N-ethyl adjacent to an activating group) is 1. The highest BCUT2D eigenvalue weighted by atomic mass is 35.5. The zero-order chi connectivity index (χ0) is 49.1. The summed E-state index contributed by atoms with van der Waals surface area (Å²) in [6.45, 7) is 35.2. The number of benzene rings is 1. The lowest BCUT2D eigenvalue weighted by Crippen LogP contribution is -2.48. The van der Waals surface area contributed by atoms with E-state index >= 15 is 0 Å². The van der Waals surface area contributed by atoms with Gasteiger partial charge in [-0.2, -0.15) is 0 Å². The van der Waals surface area contributed by atoms with Crippen LogP contribution in [0.4, 0.5) is 5.69 Å². The van der Waals surface area contributed by atoms with Crippen molar-refractivity contribution < 1.29 is 24.0 Å². The molecule has 1 amide bonds. The third kappa shape index (κ3) is 15.3. The van der Waals surface area contributed by atoms with Crippen molar-refractivity contribution in [3.63, 3.8) is 0 Å². The average Bonchev–Trinajstić information content (AvgIpc) is 3.97. The number of aryl methyl sites for hydroxylation is 1. The number of allylic oxidation sites excluding steroid dienone is 6. The van der Waals surface area contributed by atoms with Crippen molar-refractivity contribution in [3.05, 3.63) is 101 Å². The maximum absolute atomic E-state index is 14.6. The molecule has 2 saturated heterocycles. The number of epoxide rings is 1. The highest BCUT2D eigenvalue weighted by Gasteiger charge is 2.61. The van der Waals surface area contributed by atoms with Crippen molar-refractivity contribution >= 4 is 57.0 Å². The van der Waals surface area contributed by atoms with Crippen LogP contribution >= 0.6 is 33.2 Å². The number of carbonyl (C=O) groups is 3. The molecule has 9 atom stereocenters. The fraction of sp³-hybridized carbons (Fsp3) is 0.611. The van der Waals surface area contributed by atoms with Crippen LogP contribution in [0.5, 0.6) is 0 Å². The van der Waals surface area contributed by atoms with Gasteiger partial charge in [-0.15, -0.1) is 0 Å². The standard InChI is InChI=1S/C54H81ClN4O5S2/c1-16-45-31-44-28-35(2)20-17-18-26-53(11)34-46(30-37(4)56-53)42(9)52-54(12,63-52)47(33-49(61)58(14)48(32-44)51(45)55)29-36(3)43(10)57(13)38(5)22-23-40(7)65-66-41(8)24-25-50(62)64-59(15)39(6)21-19-27-60/h17-18,20,27,31-32,40-43,46-47,52,56H,3-6,16,19,21-26,28-30,33-34H2,1-2,7-15H3/b18-17+,35-20+/t40?,41?,42-,43?,46?,47+,52?,53+,54?/m1/s1. The number of hydroxylamine groups is 2. The van der Waals surface area contributed by atoms with Crippen molar-refractivity contribution in [1.82, 2.24) is 15.3 Å². The molecule has 1 aromatic rings. The van der Waals surface area contributed by atoms with E-state index in [9.17, 15) is 14.4 Å².